The van der Waals surface area contributed by atoms with Gasteiger partial charge in [0.05, 0.1) is 11.8 Å². The van der Waals surface area contributed by atoms with E-state index in [-0.39, 0.29) is 5.92 Å². The van der Waals surface area contributed by atoms with Gasteiger partial charge in [-0.2, -0.15) is 0 Å². The molecule has 0 radical (unpaired) electrons. The van der Waals surface area contributed by atoms with E-state index in [1.165, 1.54) is 0 Å². The average Bonchev–Trinajstić information content (AvgIpc) is 2.35. The molecular formula is C14H18O4. The molecule has 1 aromatic carbocycles. The standard InChI is InChI=1S/C14H18O4/c1-9(13(15)16)3-4-11-5-7-12(8-6-11)10(2)14(17)18/h5-10H,3-4H2,1-2H3,(H,15,16)(H,17,18). The highest BCUT2D eigenvalue weighted by atomic mass is 16.4. The Morgan fingerprint density at radius 2 is 1.61 bits per heavy atom. The maximum absolute atomic E-state index is 10.8. The van der Waals surface area contributed by atoms with Gasteiger partial charge in [-0.05, 0) is 30.9 Å². The van der Waals surface area contributed by atoms with E-state index in [9.17, 15) is 9.59 Å². The summed E-state index contributed by atoms with van der Waals surface area (Å²) in [6, 6.07) is 7.31. The Bertz CT molecular complexity index is 422. The summed E-state index contributed by atoms with van der Waals surface area (Å²) in [7, 11) is 0. The van der Waals surface area contributed by atoms with Gasteiger partial charge >= 0.3 is 11.9 Å². The summed E-state index contributed by atoms with van der Waals surface area (Å²) in [5.41, 5.74) is 1.79. The van der Waals surface area contributed by atoms with E-state index in [2.05, 4.69) is 0 Å². The smallest absolute Gasteiger partial charge is 0.310 e. The van der Waals surface area contributed by atoms with E-state index in [0.29, 0.717) is 12.8 Å². The lowest BCUT2D eigenvalue weighted by Crippen LogP contribution is -2.10. The predicted molar refractivity (Wildman–Crippen MR) is 67.6 cm³/mol. The molecule has 4 heteroatoms. The van der Waals surface area contributed by atoms with E-state index in [1.54, 1.807) is 26.0 Å². The average molecular weight is 250 g/mol. The fourth-order valence-electron chi connectivity index (χ4n) is 1.62. The van der Waals surface area contributed by atoms with Crippen LogP contribution in [0.4, 0.5) is 0 Å². The normalized spacial score (nSPS) is 13.9. The maximum atomic E-state index is 10.8. The number of carboxylic acids is 2. The topological polar surface area (TPSA) is 74.6 Å². The number of rotatable bonds is 6. The molecular weight excluding hydrogens is 232 g/mol. The molecule has 1 rings (SSSR count). The van der Waals surface area contributed by atoms with Crippen LogP contribution in [0.15, 0.2) is 24.3 Å². The SMILES string of the molecule is CC(CCc1ccc(C(C)C(=O)O)cc1)C(=O)O. The van der Waals surface area contributed by atoms with Crippen LogP contribution < -0.4 is 0 Å². The maximum Gasteiger partial charge on any atom is 0.310 e. The van der Waals surface area contributed by atoms with Gasteiger partial charge in [0.15, 0.2) is 0 Å². The van der Waals surface area contributed by atoms with Crippen molar-refractivity contribution in [1.82, 2.24) is 0 Å². The highest BCUT2D eigenvalue weighted by Gasteiger charge is 2.14. The van der Waals surface area contributed by atoms with Crippen molar-refractivity contribution in [2.45, 2.75) is 32.6 Å². The number of hydrogen-bond acceptors (Lipinski definition) is 2. The van der Waals surface area contributed by atoms with Crippen LogP contribution in [-0.2, 0) is 16.0 Å². The zero-order chi connectivity index (χ0) is 13.7. The monoisotopic (exact) mass is 250 g/mol. The largest absolute Gasteiger partial charge is 0.481 e. The molecule has 0 amide bonds. The third kappa shape index (κ3) is 3.87. The van der Waals surface area contributed by atoms with Crippen LogP contribution in [-0.4, -0.2) is 22.2 Å². The van der Waals surface area contributed by atoms with Crippen LogP contribution >= 0.6 is 0 Å². The third-order valence-electron chi connectivity index (χ3n) is 3.14. The van der Waals surface area contributed by atoms with Crippen LogP contribution in [0, 0.1) is 5.92 Å². The van der Waals surface area contributed by atoms with E-state index in [1.807, 2.05) is 12.1 Å². The second-order valence-electron chi connectivity index (χ2n) is 4.58. The van der Waals surface area contributed by atoms with Crippen molar-refractivity contribution in [1.29, 1.82) is 0 Å². The van der Waals surface area contributed by atoms with E-state index >= 15 is 0 Å². The Hall–Kier alpha value is -1.84. The third-order valence-corrected chi connectivity index (χ3v) is 3.14. The van der Waals surface area contributed by atoms with Crippen LogP contribution in [0.1, 0.15) is 37.3 Å². The van der Waals surface area contributed by atoms with Gasteiger partial charge in [-0.3, -0.25) is 9.59 Å². The molecule has 0 spiro atoms. The number of hydrogen-bond donors (Lipinski definition) is 2. The van der Waals surface area contributed by atoms with Gasteiger partial charge in [-0.1, -0.05) is 31.2 Å². The number of benzene rings is 1. The molecule has 98 valence electrons. The van der Waals surface area contributed by atoms with Crippen molar-refractivity contribution in [2.75, 3.05) is 0 Å². The van der Waals surface area contributed by atoms with Crippen molar-refractivity contribution in [2.24, 2.45) is 5.92 Å². The fraction of sp³-hybridized carbons (Fsp3) is 0.429. The molecule has 2 N–H and O–H groups in total. The first-order valence-corrected chi connectivity index (χ1v) is 5.96. The minimum atomic E-state index is -0.845. The summed E-state index contributed by atoms with van der Waals surface area (Å²) in [6.07, 6.45) is 1.28. The molecule has 1 aromatic rings. The molecule has 2 unspecified atom stereocenters. The van der Waals surface area contributed by atoms with Crippen LogP contribution in [0.2, 0.25) is 0 Å². The van der Waals surface area contributed by atoms with Crippen molar-refractivity contribution < 1.29 is 19.8 Å². The molecule has 2 atom stereocenters. The second kappa shape index (κ2) is 6.19. The Morgan fingerprint density at radius 3 is 2.06 bits per heavy atom. The lowest BCUT2D eigenvalue weighted by Gasteiger charge is -2.09. The molecule has 4 nitrogen and oxygen atoms in total. The fourth-order valence-corrected chi connectivity index (χ4v) is 1.62. The highest BCUT2D eigenvalue weighted by molar-refractivity contribution is 5.75. The second-order valence-corrected chi connectivity index (χ2v) is 4.58. The summed E-state index contributed by atoms with van der Waals surface area (Å²) in [6.45, 7) is 3.33. The zero-order valence-electron chi connectivity index (χ0n) is 10.6. The van der Waals surface area contributed by atoms with Gasteiger partial charge in [-0.15, -0.1) is 0 Å². The molecule has 0 aliphatic heterocycles. The van der Waals surface area contributed by atoms with Gasteiger partial charge in [0.1, 0.15) is 0 Å². The van der Waals surface area contributed by atoms with E-state index in [0.717, 1.165) is 11.1 Å². The first-order valence-electron chi connectivity index (χ1n) is 5.96. The molecule has 0 fully saturated rings. The summed E-state index contributed by atoms with van der Waals surface area (Å²) in [5, 5.41) is 17.6. The molecule has 0 heterocycles. The number of aryl methyl sites for hydroxylation is 1. The Morgan fingerprint density at radius 1 is 1.06 bits per heavy atom. The Labute approximate surface area is 106 Å². The van der Waals surface area contributed by atoms with Gasteiger partial charge < -0.3 is 10.2 Å². The minimum Gasteiger partial charge on any atom is -0.481 e. The molecule has 18 heavy (non-hydrogen) atoms. The molecule has 0 bridgehead atoms. The predicted octanol–water partition coefficient (Wildman–Crippen LogP) is 2.53. The number of aliphatic carboxylic acids is 2. The lowest BCUT2D eigenvalue weighted by molar-refractivity contribution is -0.141. The van der Waals surface area contributed by atoms with Gasteiger partial charge in [0.2, 0.25) is 0 Å². The molecule has 0 saturated carbocycles. The molecule has 0 aromatic heterocycles. The Kier molecular flexibility index (Phi) is 4.89. The van der Waals surface area contributed by atoms with Gasteiger partial charge in [-0.25, -0.2) is 0 Å². The molecule has 0 aliphatic rings. The van der Waals surface area contributed by atoms with Gasteiger partial charge in [0, 0.05) is 0 Å². The molecule has 0 saturated heterocycles. The van der Waals surface area contributed by atoms with E-state index in [4.69, 9.17) is 10.2 Å². The van der Waals surface area contributed by atoms with Crippen molar-refractivity contribution in [3.05, 3.63) is 35.4 Å². The highest BCUT2D eigenvalue weighted by Crippen LogP contribution is 2.17. The van der Waals surface area contributed by atoms with Crippen LogP contribution in [0.3, 0.4) is 0 Å². The van der Waals surface area contributed by atoms with Crippen LogP contribution in [0.5, 0.6) is 0 Å². The Balaban J connectivity index is 2.61. The van der Waals surface area contributed by atoms with E-state index < -0.39 is 17.9 Å². The quantitative estimate of drug-likeness (QED) is 0.813. The summed E-state index contributed by atoms with van der Waals surface area (Å²) >= 11 is 0. The van der Waals surface area contributed by atoms with Gasteiger partial charge in [0.25, 0.3) is 0 Å². The van der Waals surface area contributed by atoms with Crippen molar-refractivity contribution >= 4 is 11.9 Å². The first kappa shape index (κ1) is 14.2. The summed E-state index contributed by atoms with van der Waals surface area (Å²) in [5.74, 6) is -2.51. The van der Waals surface area contributed by atoms with Crippen molar-refractivity contribution in [3.8, 4) is 0 Å². The van der Waals surface area contributed by atoms with Crippen molar-refractivity contribution in [3.63, 3.8) is 0 Å². The minimum absolute atomic E-state index is 0.359. The summed E-state index contributed by atoms with van der Waals surface area (Å²) < 4.78 is 0. The number of carboxylic acid groups (broad SMARTS) is 2. The lowest BCUT2D eigenvalue weighted by atomic mass is 9.97. The number of carbonyl (C=O) groups is 2. The van der Waals surface area contributed by atoms with Crippen LogP contribution in [0.25, 0.3) is 0 Å². The summed E-state index contributed by atoms with van der Waals surface area (Å²) in [4.78, 5) is 21.5. The first-order chi connectivity index (χ1) is 8.41. The zero-order valence-corrected chi connectivity index (χ0v) is 10.6. The molecule has 0 aliphatic carbocycles.